The van der Waals surface area contributed by atoms with Crippen molar-refractivity contribution in [3.05, 3.63) is 71.7 Å². The first-order valence-electron chi connectivity index (χ1n) is 9.55. The molecule has 0 saturated heterocycles. The molecule has 0 aliphatic carbocycles. The van der Waals surface area contributed by atoms with Crippen molar-refractivity contribution in [2.24, 2.45) is 5.73 Å². The minimum Gasteiger partial charge on any atom is -0.467 e. The van der Waals surface area contributed by atoms with Crippen molar-refractivity contribution in [1.29, 1.82) is 0 Å². The lowest BCUT2D eigenvalue weighted by Crippen LogP contribution is -2.11. The van der Waals surface area contributed by atoms with E-state index in [-0.39, 0.29) is 0 Å². The number of carbonyl (C=O) groups excluding carboxylic acids is 1. The Morgan fingerprint density at radius 1 is 1.07 bits per heavy atom. The fourth-order valence-corrected chi connectivity index (χ4v) is 3.86. The van der Waals surface area contributed by atoms with Gasteiger partial charge in [-0.15, -0.1) is 0 Å². The predicted octanol–water partition coefficient (Wildman–Crippen LogP) is 5.27. The lowest BCUT2D eigenvalue weighted by atomic mass is 10.0. The molecule has 4 aromatic rings. The summed E-state index contributed by atoms with van der Waals surface area (Å²) in [6.45, 7) is 2.84. The largest absolute Gasteiger partial charge is 0.467 e. The molecule has 0 saturated carbocycles. The zero-order valence-electron chi connectivity index (χ0n) is 15.6. The molecular weight excluding hydrogens is 336 g/mol. The molecule has 4 heteroatoms. The van der Waals surface area contributed by atoms with Crippen molar-refractivity contribution in [3.8, 4) is 0 Å². The van der Waals surface area contributed by atoms with E-state index >= 15 is 0 Å². The highest BCUT2D eigenvalue weighted by molar-refractivity contribution is 6.17. The second-order valence-corrected chi connectivity index (χ2v) is 7.04. The van der Waals surface area contributed by atoms with Crippen LogP contribution in [0.15, 0.2) is 59.2 Å². The van der Waals surface area contributed by atoms with Crippen LogP contribution in [0.1, 0.15) is 47.9 Å². The number of aryl methyl sites for hydroxylation is 1. The van der Waals surface area contributed by atoms with Gasteiger partial charge >= 0.3 is 0 Å². The van der Waals surface area contributed by atoms with E-state index in [2.05, 4.69) is 29.7 Å². The smallest absolute Gasteiger partial charge is 0.249 e. The molecule has 0 fully saturated rings. The molecule has 0 bridgehead atoms. The number of aromatic nitrogens is 1. The molecule has 0 atom stereocenters. The van der Waals surface area contributed by atoms with Crippen molar-refractivity contribution in [1.82, 2.24) is 4.57 Å². The van der Waals surface area contributed by atoms with E-state index in [1.165, 1.54) is 24.8 Å². The molecule has 2 aromatic heterocycles. The van der Waals surface area contributed by atoms with Crippen molar-refractivity contribution in [3.63, 3.8) is 0 Å². The highest BCUT2D eigenvalue weighted by atomic mass is 16.3. The van der Waals surface area contributed by atoms with Crippen LogP contribution in [0.25, 0.3) is 21.8 Å². The van der Waals surface area contributed by atoms with Crippen molar-refractivity contribution in [2.75, 3.05) is 0 Å². The quantitative estimate of drug-likeness (QED) is 0.457. The lowest BCUT2D eigenvalue weighted by molar-refractivity contribution is 0.100. The molecule has 2 N–H and O–H groups in total. The number of rotatable bonds is 7. The maximum absolute atomic E-state index is 12.0. The number of furan rings is 1. The average molecular weight is 360 g/mol. The minimum absolute atomic E-state index is 0.398. The molecule has 1 amide bonds. The van der Waals surface area contributed by atoms with Gasteiger partial charge in [-0.2, -0.15) is 0 Å². The van der Waals surface area contributed by atoms with Gasteiger partial charge in [0.15, 0.2) is 0 Å². The van der Waals surface area contributed by atoms with Crippen LogP contribution in [-0.4, -0.2) is 10.5 Å². The van der Waals surface area contributed by atoms with Crippen molar-refractivity contribution in [2.45, 2.75) is 39.2 Å². The first-order chi connectivity index (χ1) is 13.2. The summed E-state index contributed by atoms with van der Waals surface area (Å²) in [4.78, 5) is 12.0. The van der Waals surface area contributed by atoms with E-state index in [4.69, 9.17) is 10.2 Å². The summed E-state index contributed by atoms with van der Waals surface area (Å²) in [5.74, 6) is 0.485. The Hall–Kier alpha value is -3.01. The number of nitrogens with zero attached hydrogens (tertiary/aromatic N) is 1. The van der Waals surface area contributed by atoms with Crippen molar-refractivity contribution >= 4 is 27.7 Å². The van der Waals surface area contributed by atoms with E-state index in [9.17, 15) is 4.79 Å². The monoisotopic (exact) mass is 360 g/mol. The number of nitrogens with two attached hydrogens (primary N) is 1. The molecule has 4 nitrogen and oxygen atoms in total. The van der Waals surface area contributed by atoms with Gasteiger partial charge in [0.2, 0.25) is 5.91 Å². The Kier molecular flexibility index (Phi) is 4.71. The highest BCUT2D eigenvalue weighted by Gasteiger charge is 2.17. The third-order valence-corrected chi connectivity index (χ3v) is 5.18. The number of carbonyl (C=O) groups is 1. The molecule has 2 aromatic carbocycles. The molecule has 0 aliphatic heterocycles. The summed E-state index contributed by atoms with van der Waals surface area (Å²) < 4.78 is 7.80. The Bertz CT molecular complexity index is 1090. The number of primary amides is 1. The third kappa shape index (κ3) is 3.23. The molecule has 2 heterocycles. The van der Waals surface area contributed by atoms with Gasteiger partial charge in [0.05, 0.1) is 18.3 Å². The van der Waals surface area contributed by atoms with Crippen LogP contribution >= 0.6 is 0 Å². The molecule has 138 valence electrons. The van der Waals surface area contributed by atoms with Crippen LogP contribution in [-0.2, 0) is 13.0 Å². The summed E-state index contributed by atoms with van der Waals surface area (Å²) >= 11 is 0. The molecule has 0 unspecified atom stereocenters. The van der Waals surface area contributed by atoms with E-state index in [1.54, 1.807) is 12.3 Å². The number of amides is 1. The Morgan fingerprint density at radius 3 is 2.70 bits per heavy atom. The van der Waals surface area contributed by atoms with E-state index in [0.717, 1.165) is 34.0 Å². The van der Waals surface area contributed by atoms with Crippen LogP contribution in [0, 0.1) is 0 Å². The second-order valence-electron chi connectivity index (χ2n) is 7.04. The second kappa shape index (κ2) is 7.31. The van der Waals surface area contributed by atoms with Gasteiger partial charge < -0.3 is 14.7 Å². The minimum atomic E-state index is -0.398. The molecule has 0 aliphatic rings. The van der Waals surface area contributed by atoms with Gasteiger partial charge in [0.1, 0.15) is 5.76 Å². The maximum Gasteiger partial charge on any atom is 0.249 e. The average Bonchev–Trinajstić information content (AvgIpc) is 3.29. The summed E-state index contributed by atoms with van der Waals surface area (Å²) in [5.41, 5.74) is 9.66. The molecule has 0 spiro atoms. The first kappa shape index (κ1) is 17.4. The summed E-state index contributed by atoms with van der Waals surface area (Å²) in [6, 6.07) is 16.2. The Balaban J connectivity index is 1.92. The van der Waals surface area contributed by atoms with E-state index < -0.39 is 5.91 Å². The number of hydrogen-bond donors (Lipinski definition) is 1. The molecule has 27 heavy (non-hydrogen) atoms. The third-order valence-electron chi connectivity index (χ3n) is 5.18. The van der Waals surface area contributed by atoms with Crippen LogP contribution in [0.5, 0.6) is 0 Å². The summed E-state index contributed by atoms with van der Waals surface area (Å²) in [7, 11) is 0. The van der Waals surface area contributed by atoms with Crippen LogP contribution in [0.2, 0.25) is 0 Å². The van der Waals surface area contributed by atoms with Crippen LogP contribution < -0.4 is 5.73 Å². The zero-order chi connectivity index (χ0) is 18.8. The maximum atomic E-state index is 12.0. The fraction of sp³-hybridized carbons (Fsp3) is 0.261. The predicted molar refractivity (Wildman–Crippen MR) is 109 cm³/mol. The van der Waals surface area contributed by atoms with Gasteiger partial charge in [-0.25, -0.2) is 0 Å². The number of fused-ring (bicyclic) bond motifs is 3. The van der Waals surface area contributed by atoms with Crippen LogP contribution in [0.3, 0.4) is 0 Å². The summed E-state index contributed by atoms with van der Waals surface area (Å²) in [5, 5.41) is 1.98. The standard InChI is InChI=1S/C23H24N2O2/c1-2-3-4-7-16-11-12-18-21(14-16)25(15-17-8-6-13-27-17)20-10-5-9-19(22(18)20)23(24)26/h5-6,8-14H,2-4,7,15H2,1H3,(H2,24,26). The van der Waals surface area contributed by atoms with E-state index in [1.807, 2.05) is 24.3 Å². The number of unbranched alkanes of at least 4 members (excludes halogenated alkanes) is 2. The first-order valence-corrected chi connectivity index (χ1v) is 9.55. The number of benzene rings is 2. The number of hydrogen-bond acceptors (Lipinski definition) is 2. The van der Waals surface area contributed by atoms with Gasteiger partial charge in [0.25, 0.3) is 0 Å². The summed E-state index contributed by atoms with van der Waals surface area (Å²) in [6.07, 6.45) is 6.39. The molecule has 4 rings (SSSR count). The molecule has 0 radical (unpaired) electrons. The fourth-order valence-electron chi connectivity index (χ4n) is 3.86. The van der Waals surface area contributed by atoms with Gasteiger partial charge in [-0.1, -0.05) is 38.0 Å². The highest BCUT2D eigenvalue weighted by Crippen LogP contribution is 2.33. The van der Waals surface area contributed by atoms with Gasteiger partial charge in [-0.3, -0.25) is 4.79 Å². The lowest BCUT2D eigenvalue weighted by Gasteiger charge is -2.07. The van der Waals surface area contributed by atoms with Gasteiger partial charge in [0, 0.05) is 21.9 Å². The topological polar surface area (TPSA) is 61.2 Å². The normalized spacial score (nSPS) is 11.4. The SMILES string of the molecule is CCCCCc1ccc2c3c(C(N)=O)cccc3n(Cc3ccco3)c2c1. The van der Waals surface area contributed by atoms with Gasteiger partial charge in [-0.05, 0) is 48.7 Å². The zero-order valence-corrected chi connectivity index (χ0v) is 15.6. The van der Waals surface area contributed by atoms with E-state index in [0.29, 0.717) is 12.1 Å². The van der Waals surface area contributed by atoms with Crippen LogP contribution in [0.4, 0.5) is 0 Å². The van der Waals surface area contributed by atoms with Crippen molar-refractivity contribution < 1.29 is 9.21 Å². The molecular formula is C23H24N2O2. The Morgan fingerprint density at radius 2 is 1.96 bits per heavy atom. The Labute approximate surface area is 158 Å².